The molecule has 0 radical (unpaired) electrons. The highest BCUT2D eigenvalue weighted by molar-refractivity contribution is 7.99. The molecule has 4 rings (SSSR count). The second kappa shape index (κ2) is 7.11. The number of rotatable bonds is 5. The third kappa shape index (κ3) is 3.21. The van der Waals surface area contributed by atoms with Crippen molar-refractivity contribution in [3.8, 4) is 0 Å². The molecule has 140 valence electrons. The van der Waals surface area contributed by atoms with Crippen LogP contribution in [0.1, 0.15) is 34.0 Å². The Morgan fingerprint density at radius 1 is 1.30 bits per heavy atom. The Hall–Kier alpha value is -2.74. The van der Waals surface area contributed by atoms with E-state index in [2.05, 4.69) is 10.6 Å². The van der Waals surface area contributed by atoms with Crippen LogP contribution >= 0.6 is 11.8 Å². The first-order valence-corrected chi connectivity index (χ1v) is 9.75. The number of hydrogen-bond donors (Lipinski definition) is 2. The fourth-order valence-electron chi connectivity index (χ4n) is 3.36. The van der Waals surface area contributed by atoms with Crippen LogP contribution in [0.2, 0.25) is 0 Å². The molecule has 1 aromatic carbocycles. The Kier molecular flexibility index (Phi) is 4.65. The number of amides is 3. The van der Waals surface area contributed by atoms with Crippen LogP contribution in [-0.2, 0) is 16.1 Å². The molecule has 2 N–H and O–H groups in total. The minimum Gasteiger partial charge on any atom is -0.467 e. The van der Waals surface area contributed by atoms with Gasteiger partial charge < -0.3 is 20.0 Å². The number of nitrogens with zero attached hydrogens (tertiary/aromatic N) is 1. The number of carbonyl (C=O) groups excluding carboxylic acids is 3. The zero-order valence-corrected chi connectivity index (χ0v) is 15.5. The fourth-order valence-corrected chi connectivity index (χ4v) is 4.82. The lowest BCUT2D eigenvalue weighted by Gasteiger charge is -2.24. The first kappa shape index (κ1) is 17.7. The lowest BCUT2D eigenvalue weighted by atomic mass is 10.1. The quantitative estimate of drug-likeness (QED) is 0.817. The molecule has 0 saturated carbocycles. The van der Waals surface area contributed by atoms with Gasteiger partial charge >= 0.3 is 0 Å². The smallest absolute Gasteiger partial charge is 0.256 e. The highest BCUT2D eigenvalue weighted by Gasteiger charge is 2.48. The predicted octanol–water partition coefficient (Wildman–Crippen LogP) is 1.67. The van der Waals surface area contributed by atoms with Gasteiger partial charge in [-0.3, -0.25) is 14.4 Å². The van der Waals surface area contributed by atoms with Gasteiger partial charge in [-0.1, -0.05) is 18.2 Å². The van der Waals surface area contributed by atoms with Gasteiger partial charge in [-0.05, 0) is 30.7 Å². The number of thioether (sulfide) groups is 1. The zero-order chi connectivity index (χ0) is 19.0. The molecule has 8 heteroatoms. The van der Waals surface area contributed by atoms with Gasteiger partial charge in [-0.15, -0.1) is 11.8 Å². The van der Waals surface area contributed by atoms with Gasteiger partial charge in [-0.25, -0.2) is 0 Å². The summed E-state index contributed by atoms with van der Waals surface area (Å²) in [6, 6.07) is 9.64. The molecule has 2 aliphatic rings. The number of hydrogen-bond acceptors (Lipinski definition) is 5. The molecule has 3 heterocycles. The van der Waals surface area contributed by atoms with Crippen molar-refractivity contribution in [2.45, 2.75) is 30.9 Å². The van der Waals surface area contributed by atoms with Crippen molar-refractivity contribution in [2.24, 2.45) is 0 Å². The molecule has 3 amide bonds. The van der Waals surface area contributed by atoms with E-state index >= 15 is 0 Å². The molecule has 27 heavy (non-hydrogen) atoms. The first-order chi connectivity index (χ1) is 13.1. The Balaban J connectivity index is 1.37. The molecule has 3 atom stereocenters. The summed E-state index contributed by atoms with van der Waals surface area (Å²) in [6.45, 7) is 1.88. The average molecular weight is 385 g/mol. The largest absolute Gasteiger partial charge is 0.467 e. The summed E-state index contributed by atoms with van der Waals surface area (Å²) in [4.78, 5) is 39.2. The molecular weight excluding hydrogens is 366 g/mol. The predicted molar refractivity (Wildman–Crippen MR) is 99.8 cm³/mol. The first-order valence-electron chi connectivity index (χ1n) is 8.70. The van der Waals surface area contributed by atoms with Gasteiger partial charge in [0, 0.05) is 11.3 Å². The van der Waals surface area contributed by atoms with Crippen molar-refractivity contribution in [1.29, 1.82) is 0 Å². The second-order valence-electron chi connectivity index (χ2n) is 6.53. The van der Waals surface area contributed by atoms with Crippen LogP contribution in [-0.4, -0.2) is 40.5 Å². The number of furan rings is 1. The van der Waals surface area contributed by atoms with E-state index in [9.17, 15) is 14.4 Å². The zero-order valence-electron chi connectivity index (χ0n) is 14.7. The lowest BCUT2D eigenvalue weighted by Crippen LogP contribution is -2.52. The summed E-state index contributed by atoms with van der Waals surface area (Å²) < 4.78 is 5.17. The molecule has 0 spiro atoms. The van der Waals surface area contributed by atoms with Crippen LogP contribution in [0.4, 0.5) is 0 Å². The fraction of sp³-hybridized carbons (Fsp3) is 0.316. The van der Waals surface area contributed by atoms with Gasteiger partial charge in [0.1, 0.15) is 23.2 Å². The second-order valence-corrected chi connectivity index (χ2v) is 7.64. The average Bonchev–Trinajstić information content (AvgIpc) is 3.39. The highest BCUT2D eigenvalue weighted by atomic mass is 32.2. The van der Waals surface area contributed by atoms with Crippen molar-refractivity contribution in [3.63, 3.8) is 0 Å². The summed E-state index contributed by atoms with van der Waals surface area (Å²) in [6.07, 6.45) is 1.53. The Labute approximate surface area is 160 Å². The summed E-state index contributed by atoms with van der Waals surface area (Å²) in [7, 11) is 0. The third-order valence-electron chi connectivity index (χ3n) is 4.76. The van der Waals surface area contributed by atoms with Crippen molar-refractivity contribution >= 4 is 29.5 Å². The highest BCUT2D eigenvalue weighted by Crippen LogP contribution is 2.48. The molecular formula is C19H19N3O4S. The number of fused-ring (bicyclic) bond motifs is 3. The van der Waals surface area contributed by atoms with E-state index in [4.69, 9.17) is 4.42 Å². The third-order valence-corrected chi connectivity index (χ3v) is 6.07. The Morgan fingerprint density at radius 3 is 2.89 bits per heavy atom. The lowest BCUT2D eigenvalue weighted by molar-refractivity contribution is -0.130. The summed E-state index contributed by atoms with van der Waals surface area (Å²) >= 11 is 1.57. The number of carbonyl (C=O) groups is 3. The summed E-state index contributed by atoms with van der Waals surface area (Å²) in [5.41, 5.74) is 1.60. The minimum absolute atomic E-state index is 0.129. The monoisotopic (exact) mass is 385 g/mol. The molecule has 0 aliphatic carbocycles. The van der Waals surface area contributed by atoms with Crippen molar-refractivity contribution < 1.29 is 18.8 Å². The van der Waals surface area contributed by atoms with Gasteiger partial charge in [-0.2, -0.15) is 0 Å². The van der Waals surface area contributed by atoms with E-state index in [1.807, 2.05) is 18.2 Å². The van der Waals surface area contributed by atoms with Crippen LogP contribution in [0, 0.1) is 0 Å². The van der Waals surface area contributed by atoms with Gasteiger partial charge in [0.15, 0.2) is 0 Å². The maximum Gasteiger partial charge on any atom is 0.256 e. The molecule has 2 aliphatic heterocycles. The topological polar surface area (TPSA) is 91.7 Å². The minimum atomic E-state index is -0.711. The summed E-state index contributed by atoms with van der Waals surface area (Å²) in [5.74, 6) is 0.398. The maximum atomic E-state index is 12.7. The Morgan fingerprint density at radius 2 is 2.11 bits per heavy atom. The van der Waals surface area contributed by atoms with Crippen LogP contribution in [0.15, 0.2) is 47.1 Å². The molecule has 1 fully saturated rings. The molecule has 0 bridgehead atoms. The van der Waals surface area contributed by atoms with E-state index in [0.717, 1.165) is 5.56 Å². The van der Waals surface area contributed by atoms with Crippen LogP contribution in [0.25, 0.3) is 0 Å². The van der Waals surface area contributed by atoms with E-state index in [0.29, 0.717) is 17.1 Å². The van der Waals surface area contributed by atoms with Crippen LogP contribution < -0.4 is 10.6 Å². The molecule has 1 aromatic heterocycles. The molecule has 3 unspecified atom stereocenters. The van der Waals surface area contributed by atoms with Crippen molar-refractivity contribution in [2.75, 3.05) is 5.75 Å². The molecule has 7 nitrogen and oxygen atoms in total. The molecule has 2 aromatic rings. The van der Waals surface area contributed by atoms with Gasteiger partial charge in [0.2, 0.25) is 11.8 Å². The van der Waals surface area contributed by atoms with E-state index in [-0.39, 0.29) is 29.6 Å². The standard InChI is InChI=1S/C19H19N3O4S/c1-11(16(23)20-9-12-5-4-8-26-12)21-17(24)15-10-27-19-14-7-3-2-6-13(14)18(25)22(15)19/h2-8,11,15,19H,9-10H2,1H3,(H,20,23)(H,21,24). The SMILES string of the molecule is CC(NC(=O)C1CSC2c3ccccc3C(=O)N12)C(=O)NCc1ccco1. The molecule has 1 saturated heterocycles. The van der Waals surface area contributed by atoms with Crippen molar-refractivity contribution in [3.05, 3.63) is 59.5 Å². The number of nitrogens with one attached hydrogen (secondary N) is 2. The maximum absolute atomic E-state index is 12.7. The van der Waals surface area contributed by atoms with Gasteiger partial charge in [0.05, 0.1) is 12.8 Å². The van der Waals surface area contributed by atoms with Crippen molar-refractivity contribution in [1.82, 2.24) is 15.5 Å². The number of benzene rings is 1. The normalized spacial score (nSPS) is 21.5. The van der Waals surface area contributed by atoms with Crippen LogP contribution in [0.5, 0.6) is 0 Å². The van der Waals surface area contributed by atoms with Crippen LogP contribution in [0.3, 0.4) is 0 Å². The Bertz CT molecular complexity index is 883. The summed E-state index contributed by atoms with van der Waals surface area (Å²) in [5, 5.41) is 5.31. The van der Waals surface area contributed by atoms with E-state index in [1.165, 1.54) is 6.26 Å². The van der Waals surface area contributed by atoms with E-state index < -0.39 is 12.1 Å². The van der Waals surface area contributed by atoms with Gasteiger partial charge in [0.25, 0.3) is 5.91 Å². The van der Waals surface area contributed by atoms with E-state index in [1.54, 1.807) is 41.8 Å².